The zero-order chi connectivity index (χ0) is 23.2. The fraction of sp³-hybridized carbons (Fsp3) is 0.455. The smallest absolute Gasteiger partial charge is 0.253 e. The van der Waals surface area contributed by atoms with Crippen LogP contribution in [0.2, 0.25) is 0 Å². The molecule has 2 aromatic rings. The van der Waals surface area contributed by atoms with E-state index >= 15 is 0 Å². The Morgan fingerprint density at radius 1 is 1.13 bits per heavy atom. The number of allylic oxidation sites excluding steroid dienone is 1. The predicted molar refractivity (Wildman–Crippen MR) is 122 cm³/mol. The number of furan rings is 1. The second-order valence-electron chi connectivity index (χ2n) is 9.01. The van der Waals surface area contributed by atoms with Crippen molar-refractivity contribution >= 4 is 34.8 Å². The average molecular weight is 446 g/mol. The van der Waals surface area contributed by atoms with Gasteiger partial charge in [0.05, 0.1) is 11.7 Å². The molecule has 0 saturated carbocycles. The van der Waals surface area contributed by atoms with Crippen LogP contribution in [0.4, 0.5) is 11.4 Å². The number of anilines is 2. The van der Waals surface area contributed by atoms with E-state index in [-0.39, 0.29) is 34.4 Å². The van der Waals surface area contributed by atoms with Gasteiger partial charge in [0.25, 0.3) is 10.9 Å². The van der Waals surface area contributed by atoms with Gasteiger partial charge in [-0.2, -0.15) is 0 Å². The third kappa shape index (κ3) is 4.19. The molecular formula is C22H27N3O5S. The van der Waals surface area contributed by atoms with Gasteiger partial charge >= 0.3 is 0 Å². The van der Waals surface area contributed by atoms with Gasteiger partial charge in [0, 0.05) is 14.1 Å². The number of amides is 1. The van der Waals surface area contributed by atoms with Crippen LogP contribution in [0.15, 0.2) is 31.2 Å². The number of nitrogens with zero attached hydrogens (tertiary/aromatic N) is 1. The second-order valence-corrected chi connectivity index (χ2v) is 9.99. The Morgan fingerprint density at radius 2 is 1.74 bits per heavy atom. The second kappa shape index (κ2) is 8.03. The molecule has 0 fully saturated rings. The van der Waals surface area contributed by atoms with Crippen molar-refractivity contribution < 1.29 is 14.0 Å². The number of carbonyl (C=O) groups is 2. The average Bonchev–Trinajstić information content (AvgIpc) is 3.20. The number of hydrogen-bond acceptors (Lipinski definition) is 8. The number of rotatable bonds is 6. The Kier molecular flexibility index (Phi) is 5.92. The standard InChI is InChI=1S/C22H27N3O5S/c1-10-8-13(30-11(10)2)20(22(3,4)5)24-15-14(17(27)18(15)28)23-12-9-31-19(16(12)26)21(29)25(6)7/h8-9,19-20,23-24H,1-7H3/t19?,20-/m0/s1. The fourth-order valence-corrected chi connectivity index (χ4v) is 4.30. The van der Waals surface area contributed by atoms with Crippen LogP contribution in [0.5, 0.6) is 0 Å². The van der Waals surface area contributed by atoms with E-state index in [4.69, 9.17) is 4.42 Å². The van der Waals surface area contributed by atoms with Crippen LogP contribution < -0.4 is 21.5 Å². The van der Waals surface area contributed by atoms with Crippen LogP contribution in [0.25, 0.3) is 0 Å². The quantitative estimate of drug-likeness (QED) is 0.516. The largest absolute Gasteiger partial charge is 0.464 e. The highest BCUT2D eigenvalue weighted by Crippen LogP contribution is 2.38. The Balaban J connectivity index is 1.86. The van der Waals surface area contributed by atoms with Gasteiger partial charge in [0.15, 0.2) is 5.25 Å². The lowest BCUT2D eigenvalue weighted by atomic mass is 9.84. The summed E-state index contributed by atoms with van der Waals surface area (Å²) in [5.41, 5.74) is -0.452. The lowest BCUT2D eigenvalue weighted by Gasteiger charge is -2.31. The van der Waals surface area contributed by atoms with E-state index in [1.54, 1.807) is 14.1 Å². The summed E-state index contributed by atoms with van der Waals surface area (Å²) in [6, 6.07) is 1.53. The normalized spacial score (nSPS) is 17.6. The minimum absolute atomic E-state index is 0.0254. The lowest BCUT2D eigenvalue weighted by molar-refractivity contribution is -0.131. The fourth-order valence-electron chi connectivity index (χ4n) is 3.28. The minimum Gasteiger partial charge on any atom is -0.464 e. The first kappa shape index (κ1) is 22.9. The van der Waals surface area contributed by atoms with Gasteiger partial charge in [0.1, 0.15) is 22.9 Å². The Bertz CT molecular complexity index is 1130. The highest BCUT2D eigenvalue weighted by Gasteiger charge is 2.38. The van der Waals surface area contributed by atoms with Crippen LogP contribution in [0.1, 0.15) is 43.9 Å². The number of aryl methyl sites for hydroxylation is 2. The van der Waals surface area contributed by atoms with Crippen LogP contribution in [0, 0.1) is 19.3 Å². The topological polar surface area (TPSA) is 109 Å². The molecule has 8 nitrogen and oxygen atoms in total. The molecule has 0 aliphatic carbocycles. The SMILES string of the molecule is Cc1cc([C@H](Nc2c(NC3=CSC(C(=O)N(C)C)C3=O)c(=O)c2=O)C(C)(C)C)oc1C. The molecule has 1 aromatic heterocycles. The summed E-state index contributed by atoms with van der Waals surface area (Å²) in [6.07, 6.45) is 0. The van der Waals surface area contributed by atoms with Crippen LogP contribution in [0.3, 0.4) is 0 Å². The van der Waals surface area contributed by atoms with Crippen molar-refractivity contribution in [1.82, 2.24) is 4.90 Å². The van der Waals surface area contributed by atoms with E-state index in [2.05, 4.69) is 10.6 Å². The first-order valence-electron chi connectivity index (χ1n) is 9.87. The monoisotopic (exact) mass is 445 g/mol. The van der Waals surface area contributed by atoms with Crippen molar-refractivity contribution in [3.05, 3.63) is 54.7 Å². The summed E-state index contributed by atoms with van der Waals surface area (Å²) in [5, 5.41) is 6.55. The van der Waals surface area contributed by atoms with Crippen molar-refractivity contribution in [3.8, 4) is 0 Å². The maximum absolute atomic E-state index is 12.6. The molecule has 1 aliphatic heterocycles. The van der Waals surface area contributed by atoms with E-state index in [9.17, 15) is 19.2 Å². The maximum atomic E-state index is 12.6. The van der Waals surface area contributed by atoms with Crippen molar-refractivity contribution in [2.45, 2.75) is 45.9 Å². The molecule has 0 radical (unpaired) electrons. The molecule has 1 unspecified atom stereocenters. The van der Waals surface area contributed by atoms with Gasteiger partial charge in [-0.15, -0.1) is 11.8 Å². The zero-order valence-corrected chi connectivity index (χ0v) is 19.5. The molecule has 3 rings (SSSR count). The summed E-state index contributed by atoms with van der Waals surface area (Å²) >= 11 is 1.07. The summed E-state index contributed by atoms with van der Waals surface area (Å²) in [7, 11) is 3.15. The molecule has 2 atom stereocenters. The predicted octanol–water partition coefficient (Wildman–Crippen LogP) is 2.72. The molecule has 31 heavy (non-hydrogen) atoms. The van der Waals surface area contributed by atoms with E-state index in [1.807, 2.05) is 40.7 Å². The summed E-state index contributed by atoms with van der Waals surface area (Å²) in [6.45, 7) is 9.78. The van der Waals surface area contributed by atoms with Gasteiger partial charge < -0.3 is 20.0 Å². The first-order valence-corrected chi connectivity index (χ1v) is 10.8. The van der Waals surface area contributed by atoms with Crippen LogP contribution in [-0.2, 0) is 9.59 Å². The molecule has 0 spiro atoms. The number of thioether (sulfide) groups is 1. The molecule has 2 N–H and O–H groups in total. The molecule has 166 valence electrons. The van der Waals surface area contributed by atoms with E-state index < -0.39 is 21.9 Å². The molecule has 0 saturated heterocycles. The highest BCUT2D eigenvalue weighted by molar-refractivity contribution is 8.04. The first-order chi connectivity index (χ1) is 14.3. The molecule has 1 aliphatic rings. The summed E-state index contributed by atoms with van der Waals surface area (Å²) < 4.78 is 5.87. The van der Waals surface area contributed by atoms with Crippen molar-refractivity contribution in [2.24, 2.45) is 5.41 Å². The molecule has 2 heterocycles. The minimum atomic E-state index is -0.892. The lowest BCUT2D eigenvalue weighted by Crippen LogP contribution is -2.41. The summed E-state index contributed by atoms with van der Waals surface area (Å²) in [5.74, 6) is 0.685. The maximum Gasteiger partial charge on any atom is 0.253 e. The van der Waals surface area contributed by atoms with E-state index in [0.29, 0.717) is 5.76 Å². The number of carbonyl (C=O) groups excluding carboxylic acids is 2. The van der Waals surface area contributed by atoms with Gasteiger partial charge in [-0.3, -0.25) is 19.2 Å². The number of nitrogens with one attached hydrogen (secondary N) is 2. The highest BCUT2D eigenvalue weighted by atomic mass is 32.2. The van der Waals surface area contributed by atoms with Crippen molar-refractivity contribution in [1.29, 1.82) is 0 Å². The van der Waals surface area contributed by atoms with Crippen molar-refractivity contribution in [3.63, 3.8) is 0 Å². The zero-order valence-electron chi connectivity index (χ0n) is 18.7. The third-order valence-electron chi connectivity index (χ3n) is 5.28. The molecule has 0 bridgehead atoms. The summed E-state index contributed by atoms with van der Waals surface area (Å²) in [4.78, 5) is 50.7. The Hall–Kier alpha value is -2.81. The molecule has 1 amide bonds. The number of Topliss-reactive ketones (excluding diaryl/α,β-unsaturated/α-hetero) is 1. The van der Waals surface area contributed by atoms with Crippen molar-refractivity contribution in [2.75, 3.05) is 24.7 Å². The number of ketones is 1. The van der Waals surface area contributed by atoms with Gasteiger partial charge in [0.2, 0.25) is 11.7 Å². The Morgan fingerprint density at radius 3 is 2.26 bits per heavy atom. The van der Waals surface area contributed by atoms with E-state index in [1.165, 1.54) is 10.3 Å². The van der Waals surface area contributed by atoms with E-state index in [0.717, 1.165) is 23.1 Å². The third-order valence-corrected chi connectivity index (χ3v) is 6.34. The van der Waals surface area contributed by atoms with Crippen LogP contribution >= 0.6 is 11.8 Å². The molecule has 9 heteroatoms. The van der Waals surface area contributed by atoms with Gasteiger partial charge in [-0.25, -0.2) is 0 Å². The molecule has 1 aromatic carbocycles. The molecular weight excluding hydrogens is 418 g/mol. The number of hydrogen-bond donors (Lipinski definition) is 2. The van der Waals surface area contributed by atoms with Crippen LogP contribution in [-0.4, -0.2) is 35.9 Å². The van der Waals surface area contributed by atoms with Gasteiger partial charge in [-0.05, 0) is 36.3 Å². The van der Waals surface area contributed by atoms with Gasteiger partial charge in [-0.1, -0.05) is 20.8 Å². The Labute approximate surface area is 184 Å².